The summed E-state index contributed by atoms with van der Waals surface area (Å²) in [6.45, 7) is 19.3. The Morgan fingerprint density at radius 2 is 1.62 bits per heavy atom. The fraction of sp³-hybridized carbons (Fsp3) is 0.524. The zero-order valence-corrected chi connectivity index (χ0v) is 30.9. The monoisotopic (exact) mass is 648 g/mol. The second-order valence-corrected chi connectivity index (χ2v) is 14.7. The van der Waals surface area contributed by atoms with Crippen molar-refractivity contribution in [3.8, 4) is 11.3 Å². The topological polar surface area (TPSA) is 76.3 Å². The Bertz CT molecular complexity index is 1800. The van der Waals surface area contributed by atoms with Crippen molar-refractivity contribution in [3.63, 3.8) is 0 Å². The first-order valence-electron chi connectivity index (χ1n) is 18.2. The molecule has 48 heavy (non-hydrogen) atoms. The van der Waals surface area contributed by atoms with Crippen LogP contribution in [-0.4, -0.2) is 32.5 Å². The van der Waals surface area contributed by atoms with Gasteiger partial charge >= 0.3 is 0 Å². The number of ketones is 1. The zero-order valence-electron chi connectivity index (χ0n) is 30.9. The number of nitrogens with one attached hydrogen (secondary N) is 1. The lowest BCUT2D eigenvalue weighted by molar-refractivity contribution is -0.129. The van der Waals surface area contributed by atoms with Crippen molar-refractivity contribution in [1.82, 2.24) is 14.9 Å². The number of fused-ring (bicyclic) bond motifs is 1. The van der Waals surface area contributed by atoms with Gasteiger partial charge in [-0.1, -0.05) is 51.2 Å². The maximum atomic E-state index is 13.7. The maximum Gasteiger partial charge on any atom is 0.247 e. The zero-order chi connectivity index (χ0) is 34.7. The number of aromatic nitrogens is 2. The molecule has 1 aromatic carbocycles. The number of amides is 1. The highest BCUT2D eigenvalue weighted by Crippen LogP contribution is 2.45. The lowest BCUT2D eigenvalue weighted by atomic mass is 9.81. The van der Waals surface area contributed by atoms with Gasteiger partial charge in [0.15, 0.2) is 5.78 Å². The van der Waals surface area contributed by atoms with Crippen LogP contribution in [0, 0.1) is 13.8 Å². The molecule has 0 spiro atoms. The first-order valence-corrected chi connectivity index (χ1v) is 18.2. The molecule has 2 saturated carbocycles. The molecule has 0 atom stereocenters. The van der Waals surface area contributed by atoms with Crippen molar-refractivity contribution in [2.75, 3.05) is 0 Å². The van der Waals surface area contributed by atoms with E-state index >= 15 is 0 Å². The minimum atomic E-state index is -0.726. The Morgan fingerprint density at radius 1 is 0.938 bits per heavy atom. The fourth-order valence-electron chi connectivity index (χ4n) is 8.16. The lowest BCUT2D eigenvalue weighted by Gasteiger charge is -2.27. The van der Waals surface area contributed by atoms with Crippen LogP contribution in [0.15, 0.2) is 40.5 Å². The highest BCUT2D eigenvalue weighted by atomic mass is 16.2. The van der Waals surface area contributed by atoms with Gasteiger partial charge in [-0.25, -0.2) is 4.98 Å². The minimum absolute atomic E-state index is 0.0628. The molecule has 0 aliphatic heterocycles. The molecule has 1 amide bonds. The van der Waals surface area contributed by atoms with E-state index in [0.29, 0.717) is 11.5 Å². The minimum Gasteiger partial charge on any atom is -0.341 e. The summed E-state index contributed by atoms with van der Waals surface area (Å²) in [4.78, 5) is 36.1. The summed E-state index contributed by atoms with van der Waals surface area (Å²) < 4.78 is 2.48. The third-order valence-corrected chi connectivity index (χ3v) is 11.0. The van der Waals surface area contributed by atoms with E-state index in [1.165, 1.54) is 60.1 Å². The standard InChI is InChI=1S/C42H56N4O2/c1-10-24-46-38(25-27(4)41(48)45-42(32(9)47)22-14-15-23-42)30(7)39(33-16-12-11-13-17-33)40(46)35-19-21-37-34(29(35)6)18-20-36(44-37)28(5)31(8)43-26(2)3/h18-21,25,33H,10-17,22-24H2,1-9H3,(H,45,48)/b27-25+,31-28+. The van der Waals surface area contributed by atoms with E-state index in [9.17, 15) is 9.59 Å². The van der Waals surface area contributed by atoms with Gasteiger partial charge in [-0.3, -0.25) is 14.6 Å². The van der Waals surface area contributed by atoms with Crippen molar-refractivity contribution in [1.29, 1.82) is 0 Å². The number of rotatable bonds is 10. The number of Topliss-reactive ketones (excluding diaryl/α,β-unsaturated/α-hetero) is 1. The molecule has 256 valence electrons. The van der Waals surface area contributed by atoms with Crippen LogP contribution < -0.4 is 5.32 Å². The molecular formula is C42H56N4O2. The van der Waals surface area contributed by atoms with Crippen molar-refractivity contribution in [2.24, 2.45) is 4.99 Å². The number of pyridine rings is 1. The van der Waals surface area contributed by atoms with Crippen LogP contribution in [0.1, 0.15) is 147 Å². The number of aryl methyl sites for hydroxylation is 1. The summed E-state index contributed by atoms with van der Waals surface area (Å²) in [5.74, 6) is 0.411. The first kappa shape index (κ1) is 35.5. The lowest BCUT2D eigenvalue weighted by Crippen LogP contribution is -2.51. The van der Waals surface area contributed by atoms with E-state index in [1.807, 2.05) is 27.7 Å². The summed E-state index contributed by atoms with van der Waals surface area (Å²) in [6, 6.07) is 8.80. The van der Waals surface area contributed by atoms with E-state index < -0.39 is 5.54 Å². The Morgan fingerprint density at radius 3 is 2.25 bits per heavy atom. The molecule has 5 rings (SSSR count). The van der Waals surface area contributed by atoms with Crippen LogP contribution in [0.4, 0.5) is 0 Å². The Kier molecular flexibility index (Phi) is 10.9. The molecule has 0 radical (unpaired) electrons. The van der Waals surface area contributed by atoms with Crippen LogP contribution >= 0.6 is 0 Å². The quantitative estimate of drug-likeness (QED) is 0.176. The smallest absolute Gasteiger partial charge is 0.247 e. The van der Waals surface area contributed by atoms with Gasteiger partial charge in [0.05, 0.1) is 22.4 Å². The van der Waals surface area contributed by atoms with Gasteiger partial charge in [-0.15, -0.1) is 0 Å². The van der Waals surface area contributed by atoms with Crippen LogP contribution in [0.3, 0.4) is 0 Å². The number of hydrogen-bond acceptors (Lipinski definition) is 4. The summed E-state index contributed by atoms with van der Waals surface area (Å²) >= 11 is 0. The highest BCUT2D eigenvalue weighted by Gasteiger charge is 2.40. The van der Waals surface area contributed by atoms with E-state index in [-0.39, 0.29) is 11.7 Å². The van der Waals surface area contributed by atoms with Gasteiger partial charge < -0.3 is 9.88 Å². The molecule has 2 heterocycles. The van der Waals surface area contributed by atoms with Crippen molar-refractivity contribution < 1.29 is 9.59 Å². The van der Waals surface area contributed by atoms with Gasteiger partial charge in [-0.05, 0) is 134 Å². The van der Waals surface area contributed by atoms with Crippen molar-refractivity contribution >= 4 is 40.0 Å². The summed E-state index contributed by atoms with van der Waals surface area (Å²) in [6.07, 6.45) is 12.6. The molecule has 2 fully saturated rings. The molecule has 2 aromatic heterocycles. The normalized spacial score (nSPS) is 17.4. The predicted molar refractivity (Wildman–Crippen MR) is 201 cm³/mol. The summed E-state index contributed by atoms with van der Waals surface area (Å²) in [5.41, 5.74) is 12.6. The molecular weight excluding hydrogens is 592 g/mol. The number of carbonyl (C=O) groups excluding carboxylic acids is 2. The Labute approximate surface area is 288 Å². The average molecular weight is 649 g/mol. The number of allylic oxidation sites excluding steroid dienone is 2. The third kappa shape index (κ3) is 6.99. The third-order valence-electron chi connectivity index (χ3n) is 11.0. The van der Waals surface area contributed by atoms with Crippen LogP contribution in [0.5, 0.6) is 0 Å². The number of benzene rings is 1. The van der Waals surface area contributed by atoms with E-state index in [4.69, 9.17) is 4.98 Å². The van der Waals surface area contributed by atoms with Crippen LogP contribution in [0.25, 0.3) is 33.8 Å². The number of nitrogens with zero attached hydrogens (tertiary/aromatic N) is 3. The van der Waals surface area contributed by atoms with Crippen molar-refractivity contribution in [3.05, 3.63) is 63.6 Å². The number of hydrogen-bond donors (Lipinski definition) is 1. The predicted octanol–water partition coefficient (Wildman–Crippen LogP) is 10.4. The molecule has 2 aliphatic rings. The summed E-state index contributed by atoms with van der Waals surface area (Å²) in [7, 11) is 0. The Balaban J connectivity index is 1.66. The molecule has 1 N–H and O–H groups in total. The SMILES string of the molecule is CCCn1c(/C=C(\C)C(=O)NC2(C(C)=O)CCCC2)c(C)c(C2CCCCC2)c1-c1ccc2nc(/C(C)=C(\C)N=C(C)C)ccc2c1C. The highest BCUT2D eigenvalue weighted by molar-refractivity contribution is 6.01. The van der Waals surface area contributed by atoms with Crippen molar-refractivity contribution in [2.45, 2.75) is 145 Å². The van der Waals surface area contributed by atoms with Crippen LogP contribution in [-0.2, 0) is 16.1 Å². The van der Waals surface area contributed by atoms with Gasteiger partial charge in [0.25, 0.3) is 0 Å². The maximum absolute atomic E-state index is 13.7. The van der Waals surface area contributed by atoms with Crippen LogP contribution in [0.2, 0.25) is 0 Å². The van der Waals surface area contributed by atoms with Gasteiger partial charge in [0.1, 0.15) is 0 Å². The Hall–Kier alpha value is -3.80. The van der Waals surface area contributed by atoms with Gasteiger partial charge in [0, 0.05) is 40.2 Å². The van der Waals surface area contributed by atoms with Gasteiger partial charge in [-0.2, -0.15) is 0 Å². The van der Waals surface area contributed by atoms with E-state index in [1.54, 1.807) is 6.92 Å². The second-order valence-electron chi connectivity index (χ2n) is 14.7. The second kappa shape index (κ2) is 14.8. The first-order chi connectivity index (χ1) is 22.9. The molecule has 2 aliphatic carbocycles. The van der Waals surface area contributed by atoms with E-state index in [2.05, 4.69) is 72.9 Å². The molecule has 6 heteroatoms. The molecule has 3 aromatic rings. The fourth-order valence-corrected chi connectivity index (χ4v) is 8.16. The molecule has 6 nitrogen and oxygen atoms in total. The largest absolute Gasteiger partial charge is 0.341 e. The molecule has 0 bridgehead atoms. The van der Waals surface area contributed by atoms with E-state index in [0.717, 1.165) is 77.9 Å². The number of carbonyl (C=O) groups is 2. The molecule has 0 unspecified atom stereocenters. The summed E-state index contributed by atoms with van der Waals surface area (Å²) in [5, 5.41) is 4.33. The number of aliphatic imine (C=N–C) groups is 1. The average Bonchev–Trinajstić information content (AvgIpc) is 3.64. The molecule has 0 saturated heterocycles. The van der Waals surface area contributed by atoms with Gasteiger partial charge in [0.2, 0.25) is 5.91 Å².